The molecule has 0 radical (unpaired) electrons. The van der Waals surface area contributed by atoms with E-state index in [2.05, 4.69) is 34.5 Å². The van der Waals surface area contributed by atoms with E-state index in [1.54, 1.807) is 4.90 Å². The molecule has 7 nitrogen and oxygen atoms in total. The first-order valence-corrected chi connectivity index (χ1v) is 10.3. The molecule has 0 bridgehead atoms. The van der Waals surface area contributed by atoms with E-state index < -0.39 is 17.5 Å². The molecule has 5 rings (SSSR count). The van der Waals surface area contributed by atoms with Gasteiger partial charge in [0.15, 0.2) is 5.69 Å². The van der Waals surface area contributed by atoms with Gasteiger partial charge in [-0.25, -0.2) is 9.59 Å². The van der Waals surface area contributed by atoms with E-state index in [0.717, 1.165) is 16.8 Å². The lowest BCUT2D eigenvalue weighted by molar-refractivity contribution is 0.0679. The van der Waals surface area contributed by atoms with E-state index in [0.29, 0.717) is 12.1 Å². The molecule has 1 aliphatic carbocycles. The smallest absolute Gasteiger partial charge is 0.410 e. The lowest BCUT2D eigenvalue weighted by atomic mass is 9.82. The third kappa shape index (κ3) is 3.08. The highest BCUT2D eigenvalue weighted by Gasteiger charge is 2.39. The summed E-state index contributed by atoms with van der Waals surface area (Å²) >= 11 is 0. The van der Waals surface area contributed by atoms with Crippen molar-refractivity contribution in [3.63, 3.8) is 0 Å². The summed E-state index contributed by atoms with van der Waals surface area (Å²) in [7, 11) is 0. The number of carbonyl (C=O) groups is 2. The summed E-state index contributed by atoms with van der Waals surface area (Å²) < 4.78 is 5.77. The minimum absolute atomic E-state index is 0.0202. The van der Waals surface area contributed by atoms with Gasteiger partial charge in [-0.15, -0.1) is 0 Å². The third-order valence-electron chi connectivity index (χ3n) is 6.28. The zero-order valence-electron chi connectivity index (χ0n) is 17.4. The molecule has 0 atom stereocenters. The van der Waals surface area contributed by atoms with Crippen LogP contribution in [0.5, 0.6) is 0 Å². The fraction of sp³-hybridized carbons (Fsp3) is 0.292. The molecule has 158 valence electrons. The summed E-state index contributed by atoms with van der Waals surface area (Å²) in [6, 6.07) is 16.4. The van der Waals surface area contributed by atoms with Gasteiger partial charge in [0, 0.05) is 29.1 Å². The predicted molar refractivity (Wildman–Crippen MR) is 114 cm³/mol. The molecule has 31 heavy (non-hydrogen) atoms. The first kappa shape index (κ1) is 19.4. The van der Waals surface area contributed by atoms with Crippen molar-refractivity contribution in [1.29, 1.82) is 0 Å². The van der Waals surface area contributed by atoms with E-state index in [1.807, 2.05) is 38.1 Å². The number of fused-ring (bicyclic) bond motifs is 4. The van der Waals surface area contributed by atoms with Crippen LogP contribution in [0.4, 0.5) is 4.79 Å². The van der Waals surface area contributed by atoms with Crippen molar-refractivity contribution >= 4 is 12.1 Å². The summed E-state index contributed by atoms with van der Waals surface area (Å²) in [6.07, 6.45) is -0.446. The Hall–Kier alpha value is -3.61. The maximum Gasteiger partial charge on any atom is 0.410 e. The number of aromatic carboxylic acids is 1. The molecule has 2 aromatic carbocycles. The number of hydrogen-bond acceptors (Lipinski definition) is 4. The number of aromatic nitrogens is 2. The first-order valence-electron chi connectivity index (χ1n) is 10.3. The third-order valence-corrected chi connectivity index (χ3v) is 6.28. The number of carboxylic acids is 1. The van der Waals surface area contributed by atoms with Gasteiger partial charge < -0.3 is 14.7 Å². The van der Waals surface area contributed by atoms with Crippen LogP contribution in [0.15, 0.2) is 48.5 Å². The van der Waals surface area contributed by atoms with Gasteiger partial charge in [0.2, 0.25) is 0 Å². The van der Waals surface area contributed by atoms with E-state index in [4.69, 9.17) is 4.74 Å². The second-order valence-corrected chi connectivity index (χ2v) is 8.77. The summed E-state index contributed by atoms with van der Waals surface area (Å²) in [5.74, 6) is -1.13. The van der Waals surface area contributed by atoms with E-state index in [1.165, 1.54) is 11.1 Å². The normalized spacial score (nSPS) is 16.4. The molecular weight excluding hydrogens is 394 g/mol. The van der Waals surface area contributed by atoms with Gasteiger partial charge in [0.25, 0.3) is 0 Å². The average Bonchev–Trinajstić information content (AvgIpc) is 3.32. The largest absolute Gasteiger partial charge is 0.476 e. The second kappa shape index (κ2) is 6.97. The van der Waals surface area contributed by atoms with Crippen LogP contribution in [0.2, 0.25) is 0 Å². The molecule has 0 saturated heterocycles. The molecular formula is C24H23N3O4. The topological polar surface area (TPSA) is 95.5 Å². The Labute approximate surface area is 179 Å². The van der Waals surface area contributed by atoms with Gasteiger partial charge in [-0.3, -0.25) is 5.10 Å². The highest BCUT2D eigenvalue weighted by molar-refractivity contribution is 5.88. The Balaban J connectivity index is 1.37. The van der Waals surface area contributed by atoms with Crippen molar-refractivity contribution in [2.45, 2.75) is 31.7 Å². The molecule has 0 unspecified atom stereocenters. The van der Waals surface area contributed by atoms with Gasteiger partial charge in [-0.05, 0) is 22.3 Å². The molecule has 0 saturated carbocycles. The highest BCUT2D eigenvalue weighted by atomic mass is 16.6. The maximum absolute atomic E-state index is 13.0. The SMILES string of the molecule is CC1(C)CN(C(=O)OCC2c3ccccc3-c3ccccc32)Cc2c(C(=O)O)n[nH]c21. The van der Waals surface area contributed by atoms with E-state index in [-0.39, 0.29) is 24.8 Å². The summed E-state index contributed by atoms with van der Waals surface area (Å²) in [5.41, 5.74) is 5.45. The standard InChI is InChI=1S/C24H23N3O4/c1-24(2)13-27(11-18-20(22(28)29)25-26-21(18)24)23(30)31-12-19-16-9-5-3-7-14(16)15-8-4-6-10-17(15)19/h3-10,19H,11-13H2,1-2H3,(H,25,26)(H,28,29). The number of nitrogens with one attached hydrogen (secondary N) is 1. The maximum atomic E-state index is 13.0. The summed E-state index contributed by atoms with van der Waals surface area (Å²) in [5, 5.41) is 16.2. The Morgan fingerprint density at radius 2 is 1.74 bits per heavy atom. The monoisotopic (exact) mass is 417 g/mol. The van der Waals surface area contributed by atoms with Crippen molar-refractivity contribution in [3.8, 4) is 11.1 Å². The fourth-order valence-corrected chi connectivity index (χ4v) is 4.87. The predicted octanol–water partition coefficient (Wildman–Crippen LogP) is 4.15. The number of benzene rings is 2. The molecule has 2 heterocycles. The number of ether oxygens (including phenoxy) is 1. The quantitative estimate of drug-likeness (QED) is 0.667. The Bertz CT molecular complexity index is 1150. The van der Waals surface area contributed by atoms with Crippen LogP contribution in [-0.4, -0.2) is 45.4 Å². The molecule has 0 spiro atoms. The molecule has 0 fully saturated rings. The number of carbonyl (C=O) groups excluding carboxylic acids is 1. The highest BCUT2D eigenvalue weighted by Crippen LogP contribution is 2.44. The molecule has 1 aliphatic heterocycles. The molecule has 2 aliphatic rings. The number of carboxylic acid groups (broad SMARTS) is 1. The number of rotatable bonds is 3. The zero-order valence-corrected chi connectivity index (χ0v) is 17.4. The minimum Gasteiger partial charge on any atom is -0.476 e. The van der Waals surface area contributed by atoms with Crippen LogP contribution >= 0.6 is 0 Å². The Morgan fingerprint density at radius 1 is 1.13 bits per heavy atom. The van der Waals surface area contributed by atoms with Crippen molar-refractivity contribution < 1.29 is 19.4 Å². The van der Waals surface area contributed by atoms with Crippen LogP contribution in [-0.2, 0) is 16.7 Å². The fourth-order valence-electron chi connectivity index (χ4n) is 4.87. The number of H-pyrrole nitrogens is 1. The minimum atomic E-state index is -1.11. The van der Waals surface area contributed by atoms with E-state index >= 15 is 0 Å². The van der Waals surface area contributed by atoms with E-state index in [9.17, 15) is 14.7 Å². The molecule has 7 heteroatoms. The number of nitrogens with zero attached hydrogens (tertiary/aromatic N) is 2. The number of amides is 1. The van der Waals surface area contributed by atoms with Gasteiger partial charge in [-0.2, -0.15) is 5.10 Å². The van der Waals surface area contributed by atoms with Crippen molar-refractivity contribution in [1.82, 2.24) is 15.1 Å². The Morgan fingerprint density at radius 3 is 2.35 bits per heavy atom. The van der Waals surface area contributed by atoms with Gasteiger partial charge in [0.1, 0.15) is 6.61 Å². The lowest BCUT2D eigenvalue weighted by Gasteiger charge is -2.37. The van der Waals surface area contributed by atoms with Crippen LogP contribution in [0.25, 0.3) is 11.1 Å². The Kier molecular flexibility index (Phi) is 4.36. The second-order valence-electron chi connectivity index (χ2n) is 8.77. The molecule has 1 aromatic heterocycles. The van der Waals surface area contributed by atoms with Crippen molar-refractivity contribution in [2.24, 2.45) is 0 Å². The van der Waals surface area contributed by atoms with Crippen LogP contribution in [0.3, 0.4) is 0 Å². The van der Waals surface area contributed by atoms with Gasteiger partial charge in [0.05, 0.1) is 6.54 Å². The van der Waals surface area contributed by atoms with Crippen LogP contribution in [0, 0.1) is 0 Å². The van der Waals surface area contributed by atoms with Crippen LogP contribution in [0.1, 0.15) is 52.6 Å². The number of hydrogen-bond donors (Lipinski definition) is 2. The van der Waals surface area contributed by atoms with Crippen molar-refractivity contribution in [2.75, 3.05) is 13.2 Å². The molecule has 2 N–H and O–H groups in total. The van der Waals surface area contributed by atoms with Gasteiger partial charge >= 0.3 is 12.1 Å². The summed E-state index contributed by atoms with van der Waals surface area (Å²) in [4.78, 5) is 26.1. The van der Waals surface area contributed by atoms with Crippen molar-refractivity contribution in [3.05, 3.63) is 76.6 Å². The first-order chi connectivity index (χ1) is 14.9. The molecule has 3 aromatic rings. The summed E-state index contributed by atoms with van der Waals surface area (Å²) in [6.45, 7) is 4.72. The van der Waals surface area contributed by atoms with Crippen LogP contribution < -0.4 is 0 Å². The number of aromatic amines is 1. The lowest BCUT2D eigenvalue weighted by Crippen LogP contribution is -2.45. The van der Waals surface area contributed by atoms with Gasteiger partial charge in [-0.1, -0.05) is 62.4 Å². The average molecular weight is 417 g/mol. The zero-order chi connectivity index (χ0) is 21.8. The molecule has 1 amide bonds.